The number of carbonyl (C=O) groups is 1. The first-order valence-electron chi connectivity index (χ1n) is 7.94. The number of rotatable bonds is 4. The zero-order valence-corrected chi connectivity index (χ0v) is 14.6. The zero-order chi connectivity index (χ0) is 18.0. The van der Waals surface area contributed by atoms with Crippen molar-refractivity contribution in [2.45, 2.75) is 25.9 Å². The molecule has 0 aliphatic carbocycles. The van der Waals surface area contributed by atoms with Gasteiger partial charge in [-0.05, 0) is 43.7 Å². The summed E-state index contributed by atoms with van der Waals surface area (Å²) in [7, 11) is 0. The second-order valence-corrected chi connectivity index (χ2v) is 6.33. The topological polar surface area (TPSA) is 54.3 Å². The Hall–Kier alpha value is -2.53. The lowest BCUT2D eigenvalue weighted by molar-refractivity contribution is 0.233. The van der Waals surface area contributed by atoms with Crippen LogP contribution in [0.5, 0.6) is 0 Å². The molecule has 25 heavy (non-hydrogen) atoms. The molecule has 0 aliphatic heterocycles. The molecule has 2 atom stereocenters. The Labute approximate surface area is 150 Å². The highest BCUT2D eigenvalue weighted by atomic mass is 35.5. The van der Waals surface area contributed by atoms with Crippen molar-refractivity contribution in [1.29, 1.82) is 0 Å². The second-order valence-electron chi connectivity index (χ2n) is 5.92. The van der Waals surface area contributed by atoms with E-state index < -0.39 is 5.82 Å². The van der Waals surface area contributed by atoms with Crippen LogP contribution >= 0.6 is 11.6 Å². The SMILES string of the molecule is CC(NC(=O)NC(C)c1cc2ccccc2o1)c1ccc(F)c(Cl)c1. The van der Waals surface area contributed by atoms with Gasteiger partial charge >= 0.3 is 6.03 Å². The minimum atomic E-state index is -0.486. The van der Waals surface area contributed by atoms with Crippen LogP contribution in [0.4, 0.5) is 9.18 Å². The van der Waals surface area contributed by atoms with Crippen LogP contribution in [-0.2, 0) is 0 Å². The number of hydrogen-bond acceptors (Lipinski definition) is 2. The lowest BCUT2D eigenvalue weighted by Crippen LogP contribution is -2.38. The van der Waals surface area contributed by atoms with Gasteiger partial charge in [-0.1, -0.05) is 35.9 Å². The number of amides is 2. The van der Waals surface area contributed by atoms with Crippen LogP contribution < -0.4 is 10.6 Å². The van der Waals surface area contributed by atoms with Crippen LogP contribution in [0.1, 0.15) is 37.3 Å². The maximum atomic E-state index is 13.2. The van der Waals surface area contributed by atoms with Crippen molar-refractivity contribution in [1.82, 2.24) is 10.6 Å². The van der Waals surface area contributed by atoms with Gasteiger partial charge in [-0.25, -0.2) is 9.18 Å². The van der Waals surface area contributed by atoms with E-state index in [1.807, 2.05) is 37.3 Å². The molecule has 6 heteroatoms. The third kappa shape index (κ3) is 3.94. The quantitative estimate of drug-likeness (QED) is 0.659. The van der Waals surface area contributed by atoms with E-state index in [-0.39, 0.29) is 23.1 Å². The van der Waals surface area contributed by atoms with Gasteiger partial charge in [0.05, 0.1) is 17.1 Å². The molecular formula is C19H18ClFN2O2. The van der Waals surface area contributed by atoms with Gasteiger partial charge in [0.15, 0.2) is 0 Å². The fourth-order valence-corrected chi connectivity index (χ4v) is 2.78. The zero-order valence-electron chi connectivity index (χ0n) is 13.8. The normalized spacial score (nSPS) is 13.4. The number of nitrogens with one attached hydrogen (secondary N) is 2. The van der Waals surface area contributed by atoms with Crippen molar-refractivity contribution in [3.05, 3.63) is 70.7 Å². The van der Waals surface area contributed by atoms with Gasteiger partial charge in [0.2, 0.25) is 0 Å². The van der Waals surface area contributed by atoms with Crippen molar-refractivity contribution in [2.24, 2.45) is 0 Å². The Bertz CT molecular complexity index is 876. The molecule has 2 N–H and O–H groups in total. The molecule has 4 nitrogen and oxygen atoms in total. The summed E-state index contributed by atoms with van der Waals surface area (Å²) >= 11 is 5.78. The summed E-state index contributed by atoms with van der Waals surface area (Å²) in [5.74, 6) is 0.189. The van der Waals surface area contributed by atoms with Gasteiger partial charge in [-0.15, -0.1) is 0 Å². The van der Waals surface area contributed by atoms with E-state index in [4.69, 9.17) is 16.0 Å². The predicted octanol–water partition coefficient (Wildman–Crippen LogP) is 5.35. The molecule has 0 radical (unpaired) electrons. The molecule has 3 rings (SSSR count). The average Bonchev–Trinajstić information content (AvgIpc) is 3.01. The van der Waals surface area contributed by atoms with Gasteiger partial charge in [0, 0.05) is 5.39 Å². The van der Waals surface area contributed by atoms with Crippen LogP contribution in [-0.4, -0.2) is 6.03 Å². The van der Waals surface area contributed by atoms with E-state index in [2.05, 4.69) is 10.6 Å². The Kier molecular flexibility index (Phi) is 4.95. The van der Waals surface area contributed by atoms with Gasteiger partial charge in [-0.2, -0.15) is 0 Å². The number of furan rings is 1. The number of benzene rings is 2. The summed E-state index contributed by atoms with van der Waals surface area (Å²) in [4.78, 5) is 12.2. The van der Waals surface area contributed by atoms with E-state index in [1.54, 1.807) is 13.0 Å². The molecule has 2 amide bonds. The molecule has 0 spiro atoms. The van der Waals surface area contributed by atoms with Crippen LogP contribution in [0, 0.1) is 5.82 Å². The van der Waals surface area contributed by atoms with Crippen molar-refractivity contribution in [2.75, 3.05) is 0 Å². The van der Waals surface area contributed by atoms with Crippen LogP contribution in [0.3, 0.4) is 0 Å². The van der Waals surface area contributed by atoms with Crippen LogP contribution in [0.15, 0.2) is 52.9 Å². The summed E-state index contributed by atoms with van der Waals surface area (Å²) in [6.45, 7) is 3.64. The first kappa shape index (κ1) is 17.3. The minimum Gasteiger partial charge on any atom is -0.459 e. The summed E-state index contributed by atoms with van der Waals surface area (Å²) in [6, 6.07) is 13.0. The third-order valence-corrected chi connectivity index (χ3v) is 4.30. The summed E-state index contributed by atoms with van der Waals surface area (Å²) in [5, 5.41) is 6.65. The molecule has 0 fully saturated rings. The molecule has 2 unspecified atom stereocenters. The van der Waals surface area contributed by atoms with Crippen molar-refractivity contribution in [3.63, 3.8) is 0 Å². The highest BCUT2D eigenvalue weighted by molar-refractivity contribution is 6.30. The van der Waals surface area contributed by atoms with Gasteiger partial charge in [0.1, 0.15) is 17.2 Å². The Morgan fingerprint density at radius 1 is 1.08 bits per heavy atom. The molecule has 0 saturated carbocycles. The van der Waals surface area contributed by atoms with E-state index in [1.165, 1.54) is 12.1 Å². The lowest BCUT2D eigenvalue weighted by atomic mass is 10.1. The predicted molar refractivity (Wildman–Crippen MR) is 96.1 cm³/mol. The molecule has 0 bridgehead atoms. The second kappa shape index (κ2) is 7.15. The smallest absolute Gasteiger partial charge is 0.315 e. The summed E-state index contributed by atoms with van der Waals surface area (Å²) < 4.78 is 19.0. The molecule has 3 aromatic rings. The molecule has 130 valence electrons. The van der Waals surface area contributed by atoms with Gasteiger partial charge < -0.3 is 15.1 Å². The van der Waals surface area contributed by atoms with Crippen LogP contribution in [0.25, 0.3) is 11.0 Å². The summed E-state index contributed by atoms with van der Waals surface area (Å²) in [6.07, 6.45) is 0. The maximum Gasteiger partial charge on any atom is 0.315 e. The molecule has 0 saturated heterocycles. The Morgan fingerprint density at radius 3 is 2.52 bits per heavy atom. The molecular weight excluding hydrogens is 343 g/mol. The van der Waals surface area contributed by atoms with Gasteiger partial charge in [0.25, 0.3) is 0 Å². The number of para-hydroxylation sites is 1. The molecule has 1 heterocycles. The molecule has 1 aromatic heterocycles. The van der Waals surface area contributed by atoms with Crippen molar-refractivity contribution >= 4 is 28.6 Å². The molecule has 0 aliphatic rings. The minimum absolute atomic E-state index is 0.0298. The maximum absolute atomic E-state index is 13.2. The number of urea groups is 1. The lowest BCUT2D eigenvalue weighted by Gasteiger charge is -2.17. The monoisotopic (exact) mass is 360 g/mol. The van der Waals surface area contributed by atoms with E-state index in [9.17, 15) is 9.18 Å². The fourth-order valence-electron chi connectivity index (χ4n) is 2.59. The molecule has 2 aromatic carbocycles. The third-order valence-electron chi connectivity index (χ3n) is 4.01. The van der Waals surface area contributed by atoms with E-state index in [0.29, 0.717) is 5.76 Å². The van der Waals surface area contributed by atoms with Gasteiger partial charge in [-0.3, -0.25) is 0 Å². The average molecular weight is 361 g/mol. The van der Waals surface area contributed by atoms with Crippen molar-refractivity contribution in [3.8, 4) is 0 Å². The Morgan fingerprint density at radius 2 is 1.80 bits per heavy atom. The number of hydrogen-bond donors (Lipinski definition) is 2. The Balaban J connectivity index is 1.63. The standard InChI is InChI=1S/C19H18ClFN2O2/c1-11(13-7-8-16(21)15(20)9-13)22-19(24)23-12(2)18-10-14-5-3-4-6-17(14)25-18/h3-12H,1-2H3,(H2,22,23,24). The first-order chi connectivity index (χ1) is 11.9. The van der Waals surface area contributed by atoms with E-state index >= 15 is 0 Å². The highest BCUT2D eigenvalue weighted by Gasteiger charge is 2.16. The van der Waals surface area contributed by atoms with E-state index in [0.717, 1.165) is 16.5 Å². The largest absolute Gasteiger partial charge is 0.459 e. The fraction of sp³-hybridized carbons (Fsp3) is 0.211. The summed E-state index contributed by atoms with van der Waals surface area (Å²) in [5.41, 5.74) is 1.50. The number of halogens is 2. The van der Waals surface area contributed by atoms with Crippen LogP contribution in [0.2, 0.25) is 5.02 Å². The highest BCUT2D eigenvalue weighted by Crippen LogP contribution is 2.24. The number of carbonyl (C=O) groups excluding carboxylic acids is 1. The number of fused-ring (bicyclic) bond motifs is 1. The first-order valence-corrected chi connectivity index (χ1v) is 8.32. The van der Waals surface area contributed by atoms with Crippen molar-refractivity contribution < 1.29 is 13.6 Å².